The molecule has 31 heavy (non-hydrogen) atoms. The molecule has 1 aliphatic heterocycles. The zero-order valence-corrected chi connectivity index (χ0v) is 19.0. The van der Waals surface area contributed by atoms with Gasteiger partial charge in [0.15, 0.2) is 4.34 Å². The third-order valence-electron chi connectivity index (χ3n) is 4.53. The van der Waals surface area contributed by atoms with E-state index in [1.807, 2.05) is 6.07 Å². The van der Waals surface area contributed by atoms with Crippen molar-refractivity contribution in [1.82, 2.24) is 15.2 Å². The van der Waals surface area contributed by atoms with Gasteiger partial charge < -0.3 is 14.8 Å². The first kappa shape index (κ1) is 23.6. The van der Waals surface area contributed by atoms with Crippen LogP contribution < -0.4 is 5.32 Å². The van der Waals surface area contributed by atoms with Crippen LogP contribution in [-0.4, -0.2) is 66.5 Å². The van der Waals surface area contributed by atoms with Crippen LogP contribution in [0.3, 0.4) is 0 Å². The summed E-state index contributed by atoms with van der Waals surface area (Å²) < 4.78 is 24.8. The van der Waals surface area contributed by atoms with Crippen molar-refractivity contribution < 1.29 is 23.5 Å². The first-order chi connectivity index (χ1) is 15.0. The minimum atomic E-state index is -0.305. The number of hydrogen-bond donors (Lipinski definition) is 1. The number of esters is 1. The summed E-state index contributed by atoms with van der Waals surface area (Å²) in [4.78, 5) is 30.3. The molecule has 2 heterocycles. The lowest BCUT2D eigenvalue weighted by Crippen LogP contribution is -2.47. The van der Waals surface area contributed by atoms with Crippen LogP contribution in [-0.2, 0) is 32.0 Å². The zero-order chi connectivity index (χ0) is 22.1. The molecule has 1 aromatic heterocycles. The maximum atomic E-state index is 13.4. The van der Waals surface area contributed by atoms with Crippen LogP contribution in [0.15, 0.2) is 34.0 Å². The minimum Gasteiger partial charge on any atom is -0.466 e. The highest BCUT2D eigenvalue weighted by molar-refractivity contribution is 8.01. The number of nitrogens with one attached hydrogen (secondary N) is 1. The van der Waals surface area contributed by atoms with Gasteiger partial charge in [-0.15, -0.1) is 11.3 Å². The summed E-state index contributed by atoms with van der Waals surface area (Å²) in [7, 11) is 0. The van der Waals surface area contributed by atoms with Crippen molar-refractivity contribution in [3.05, 3.63) is 46.7 Å². The summed E-state index contributed by atoms with van der Waals surface area (Å²) in [5, 5.41) is 4.71. The van der Waals surface area contributed by atoms with E-state index in [0.29, 0.717) is 38.5 Å². The number of halogens is 1. The number of thioether (sulfide) groups is 1. The molecule has 0 bridgehead atoms. The second kappa shape index (κ2) is 12.1. The van der Waals surface area contributed by atoms with Gasteiger partial charge in [-0.25, -0.2) is 9.37 Å². The fourth-order valence-electron chi connectivity index (χ4n) is 3.14. The number of nitrogens with zero attached hydrogens (tertiary/aromatic N) is 2. The smallest absolute Gasteiger partial charge is 0.311 e. The van der Waals surface area contributed by atoms with Gasteiger partial charge in [-0.05, 0) is 24.6 Å². The number of benzene rings is 1. The van der Waals surface area contributed by atoms with Gasteiger partial charge in [0.25, 0.3) is 0 Å². The van der Waals surface area contributed by atoms with E-state index in [-0.39, 0.29) is 36.0 Å². The average molecular weight is 468 g/mol. The van der Waals surface area contributed by atoms with E-state index in [2.05, 4.69) is 15.2 Å². The molecule has 0 aliphatic carbocycles. The highest BCUT2D eigenvalue weighted by Gasteiger charge is 2.21. The molecule has 168 valence electrons. The van der Waals surface area contributed by atoms with Crippen LogP contribution in [0.4, 0.5) is 4.39 Å². The normalized spacial score (nSPS) is 16.8. The van der Waals surface area contributed by atoms with Crippen LogP contribution >= 0.6 is 23.1 Å². The highest BCUT2D eigenvalue weighted by atomic mass is 32.2. The molecule has 1 aromatic carbocycles. The predicted molar refractivity (Wildman–Crippen MR) is 118 cm³/mol. The largest absolute Gasteiger partial charge is 0.466 e. The van der Waals surface area contributed by atoms with Gasteiger partial charge in [-0.2, -0.15) is 0 Å². The molecule has 1 atom stereocenters. The van der Waals surface area contributed by atoms with Crippen LogP contribution in [0.5, 0.6) is 0 Å². The molecule has 1 unspecified atom stereocenters. The molecule has 1 saturated heterocycles. The van der Waals surface area contributed by atoms with Gasteiger partial charge >= 0.3 is 5.97 Å². The quantitative estimate of drug-likeness (QED) is 0.425. The fraction of sp³-hybridized carbons (Fsp3) is 0.476. The number of amides is 1. The number of morpholine rings is 1. The maximum absolute atomic E-state index is 13.4. The van der Waals surface area contributed by atoms with Crippen molar-refractivity contribution in [3.8, 4) is 0 Å². The zero-order valence-electron chi connectivity index (χ0n) is 17.3. The monoisotopic (exact) mass is 467 g/mol. The Morgan fingerprint density at radius 2 is 2.32 bits per heavy atom. The molecule has 0 spiro atoms. The number of thiazole rings is 1. The highest BCUT2D eigenvalue weighted by Crippen LogP contribution is 2.22. The molecule has 0 saturated carbocycles. The summed E-state index contributed by atoms with van der Waals surface area (Å²) in [6.07, 6.45) is 0.0368. The third kappa shape index (κ3) is 8.21. The second-order valence-corrected chi connectivity index (χ2v) is 9.12. The van der Waals surface area contributed by atoms with Crippen LogP contribution in [0, 0.1) is 5.82 Å². The number of aromatic nitrogens is 1. The number of carbonyl (C=O) groups is 2. The Morgan fingerprint density at radius 3 is 3.13 bits per heavy atom. The van der Waals surface area contributed by atoms with Crippen LogP contribution in [0.2, 0.25) is 0 Å². The van der Waals surface area contributed by atoms with E-state index in [1.54, 1.807) is 24.4 Å². The van der Waals surface area contributed by atoms with Gasteiger partial charge in [-0.3, -0.25) is 14.5 Å². The minimum absolute atomic E-state index is 0.0991. The summed E-state index contributed by atoms with van der Waals surface area (Å²) in [6.45, 7) is 5.21. The van der Waals surface area contributed by atoms with Gasteiger partial charge in [0, 0.05) is 31.6 Å². The topological polar surface area (TPSA) is 80.8 Å². The molecule has 7 nitrogen and oxygen atoms in total. The SMILES string of the molecule is CCOC(=O)Cc1csc(SCC(=O)NCC2CN(Cc3cccc(F)c3)CCO2)n1. The molecule has 3 rings (SSSR count). The molecule has 1 fully saturated rings. The summed E-state index contributed by atoms with van der Waals surface area (Å²) in [5.74, 6) is -0.397. The molecule has 1 amide bonds. The van der Waals surface area contributed by atoms with E-state index < -0.39 is 0 Å². The Labute approximate surface area is 189 Å². The Morgan fingerprint density at radius 1 is 1.45 bits per heavy atom. The predicted octanol–water partition coefficient (Wildman–Crippen LogP) is 2.50. The third-order valence-corrected chi connectivity index (χ3v) is 6.60. The van der Waals surface area contributed by atoms with Gasteiger partial charge in [0.2, 0.25) is 5.91 Å². The van der Waals surface area contributed by atoms with Crippen molar-refractivity contribution >= 4 is 35.0 Å². The van der Waals surface area contributed by atoms with Crippen molar-refractivity contribution in [3.63, 3.8) is 0 Å². The van der Waals surface area contributed by atoms with Gasteiger partial charge in [0.05, 0.1) is 37.2 Å². The summed E-state index contributed by atoms with van der Waals surface area (Å²) in [5.41, 5.74) is 1.58. The molecule has 1 aliphatic rings. The van der Waals surface area contributed by atoms with Crippen molar-refractivity contribution in [2.45, 2.75) is 30.3 Å². The Bertz CT molecular complexity index is 880. The van der Waals surface area contributed by atoms with Gasteiger partial charge in [-0.1, -0.05) is 23.9 Å². The van der Waals surface area contributed by atoms with Crippen LogP contribution in [0.25, 0.3) is 0 Å². The summed E-state index contributed by atoms with van der Waals surface area (Å²) >= 11 is 2.74. The lowest BCUT2D eigenvalue weighted by atomic mass is 10.2. The summed E-state index contributed by atoms with van der Waals surface area (Å²) in [6, 6.07) is 6.60. The van der Waals surface area contributed by atoms with E-state index in [9.17, 15) is 14.0 Å². The van der Waals surface area contributed by atoms with E-state index >= 15 is 0 Å². The number of ether oxygens (including phenoxy) is 2. The first-order valence-corrected chi connectivity index (χ1v) is 12.0. The molecular formula is C21H26FN3O4S2. The maximum Gasteiger partial charge on any atom is 0.311 e. The average Bonchev–Trinajstić information content (AvgIpc) is 3.18. The van der Waals surface area contributed by atoms with Crippen molar-refractivity contribution in [2.24, 2.45) is 0 Å². The molecule has 10 heteroatoms. The molecular weight excluding hydrogens is 441 g/mol. The second-order valence-electron chi connectivity index (χ2n) is 7.04. The van der Waals surface area contributed by atoms with E-state index in [4.69, 9.17) is 9.47 Å². The van der Waals surface area contributed by atoms with Gasteiger partial charge in [0.1, 0.15) is 5.82 Å². The Hall–Kier alpha value is -2.01. The van der Waals surface area contributed by atoms with E-state index in [0.717, 1.165) is 16.4 Å². The molecule has 0 radical (unpaired) electrons. The number of rotatable bonds is 10. The first-order valence-electron chi connectivity index (χ1n) is 10.1. The standard InChI is InChI=1S/C21H26FN3O4S2/c1-2-28-20(27)9-17-13-30-21(24-17)31-14-19(26)23-10-18-12-25(6-7-29-18)11-15-4-3-5-16(22)8-15/h3-5,8,13,18H,2,6-7,9-12,14H2,1H3,(H,23,26). The molecule has 2 aromatic rings. The number of hydrogen-bond acceptors (Lipinski definition) is 8. The molecule has 1 N–H and O–H groups in total. The Balaban J connectivity index is 1.36. The van der Waals surface area contributed by atoms with Crippen LogP contribution in [0.1, 0.15) is 18.2 Å². The Kier molecular flexibility index (Phi) is 9.26. The fourth-order valence-corrected chi connectivity index (χ4v) is 4.82. The lowest BCUT2D eigenvalue weighted by molar-refractivity contribution is -0.142. The lowest BCUT2D eigenvalue weighted by Gasteiger charge is -2.33. The number of carbonyl (C=O) groups excluding carboxylic acids is 2. The van der Waals surface area contributed by atoms with E-state index in [1.165, 1.54) is 29.2 Å². The van der Waals surface area contributed by atoms with Crippen molar-refractivity contribution in [1.29, 1.82) is 0 Å². The van der Waals surface area contributed by atoms with Crippen molar-refractivity contribution in [2.75, 3.05) is 38.6 Å².